The highest BCUT2D eigenvalue weighted by Crippen LogP contribution is 2.43. The van der Waals surface area contributed by atoms with Crippen molar-refractivity contribution in [3.05, 3.63) is 12.2 Å². The molecule has 2 heteroatoms. The SMILES string of the molecule is C=C1CCCC(C)(C)C1C(=O)OCC. The van der Waals surface area contributed by atoms with Crippen molar-refractivity contribution in [2.45, 2.75) is 40.0 Å². The van der Waals surface area contributed by atoms with Gasteiger partial charge in [0.2, 0.25) is 0 Å². The molecule has 1 rings (SSSR count). The predicted octanol–water partition coefficient (Wildman–Crippen LogP) is 2.93. The monoisotopic (exact) mass is 196 g/mol. The van der Waals surface area contributed by atoms with Crippen molar-refractivity contribution < 1.29 is 9.53 Å². The van der Waals surface area contributed by atoms with Crippen molar-refractivity contribution in [2.75, 3.05) is 6.61 Å². The molecule has 0 amide bonds. The maximum Gasteiger partial charge on any atom is 0.313 e. The molecule has 0 saturated heterocycles. The summed E-state index contributed by atoms with van der Waals surface area (Å²) >= 11 is 0. The second kappa shape index (κ2) is 4.16. The molecule has 14 heavy (non-hydrogen) atoms. The second-order valence-corrected chi connectivity index (χ2v) is 4.69. The number of hydrogen-bond donors (Lipinski definition) is 0. The van der Waals surface area contributed by atoms with Gasteiger partial charge in [-0.25, -0.2) is 0 Å². The maximum absolute atomic E-state index is 11.7. The zero-order valence-corrected chi connectivity index (χ0v) is 9.43. The summed E-state index contributed by atoms with van der Waals surface area (Å²) in [5.74, 6) is -0.196. The van der Waals surface area contributed by atoms with Gasteiger partial charge < -0.3 is 4.74 Å². The van der Waals surface area contributed by atoms with E-state index in [-0.39, 0.29) is 17.3 Å². The van der Waals surface area contributed by atoms with E-state index >= 15 is 0 Å². The third-order valence-electron chi connectivity index (χ3n) is 3.03. The lowest BCUT2D eigenvalue weighted by Gasteiger charge is -2.38. The molecule has 0 aromatic carbocycles. The fourth-order valence-electron chi connectivity index (χ4n) is 2.32. The highest BCUT2D eigenvalue weighted by molar-refractivity contribution is 5.76. The molecule has 1 aliphatic carbocycles. The van der Waals surface area contributed by atoms with Crippen LogP contribution in [0.2, 0.25) is 0 Å². The van der Waals surface area contributed by atoms with Crippen molar-refractivity contribution in [1.82, 2.24) is 0 Å². The molecule has 0 aliphatic heterocycles. The molecular weight excluding hydrogens is 176 g/mol. The van der Waals surface area contributed by atoms with Crippen LogP contribution >= 0.6 is 0 Å². The zero-order chi connectivity index (χ0) is 10.8. The van der Waals surface area contributed by atoms with Crippen molar-refractivity contribution in [3.63, 3.8) is 0 Å². The maximum atomic E-state index is 11.7. The van der Waals surface area contributed by atoms with Gasteiger partial charge in [-0.15, -0.1) is 0 Å². The molecule has 0 aromatic rings. The lowest BCUT2D eigenvalue weighted by molar-refractivity contribution is -0.151. The van der Waals surface area contributed by atoms with Gasteiger partial charge in [-0.3, -0.25) is 4.79 Å². The number of esters is 1. The van der Waals surface area contributed by atoms with Crippen LogP contribution in [0.4, 0.5) is 0 Å². The van der Waals surface area contributed by atoms with E-state index < -0.39 is 0 Å². The molecule has 0 heterocycles. The first-order valence-electron chi connectivity index (χ1n) is 5.33. The van der Waals surface area contributed by atoms with Gasteiger partial charge in [0, 0.05) is 0 Å². The Morgan fingerprint density at radius 1 is 1.64 bits per heavy atom. The van der Waals surface area contributed by atoms with Gasteiger partial charge in [0.1, 0.15) is 0 Å². The van der Waals surface area contributed by atoms with Crippen LogP contribution in [0.5, 0.6) is 0 Å². The summed E-state index contributed by atoms with van der Waals surface area (Å²) in [7, 11) is 0. The third-order valence-corrected chi connectivity index (χ3v) is 3.03. The summed E-state index contributed by atoms with van der Waals surface area (Å²) in [5.41, 5.74) is 1.06. The van der Waals surface area contributed by atoms with Gasteiger partial charge in [0.05, 0.1) is 12.5 Å². The topological polar surface area (TPSA) is 26.3 Å². The minimum Gasteiger partial charge on any atom is -0.466 e. The Labute approximate surface area is 86.3 Å². The molecular formula is C12H20O2. The van der Waals surface area contributed by atoms with Crippen molar-refractivity contribution in [1.29, 1.82) is 0 Å². The Morgan fingerprint density at radius 3 is 2.79 bits per heavy atom. The average molecular weight is 196 g/mol. The molecule has 0 spiro atoms. The summed E-state index contributed by atoms with van der Waals surface area (Å²) < 4.78 is 5.09. The Bertz CT molecular complexity index is 241. The molecule has 1 atom stereocenters. The van der Waals surface area contributed by atoms with Crippen molar-refractivity contribution in [3.8, 4) is 0 Å². The molecule has 80 valence electrons. The molecule has 2 nitrogen and oxygen atoms in total. The van der Waals surface area contributed by atoms with Crippen LogP contribution in [0.3, 0.4) is 0 Å². The van der Waals surface area contributed by atoms with E-state index in [1.807, 2.05) is 6.92 Å². The zero-order valence-electron chi connectivity index (χ0n) is 9.43. The van der Waals surface area contributed by atoms with Crippen molar-refractivity contribution in [2.24, 2.45) is 11.3 Å². The standard InChI is InChI=1S/C12H20O2/c1-5-14-11(13)10-9(2)7-6-8-12(10,3)4/h10H,2,5-8H2,1,3-4H3. The third kappa shape index (κ3) is 2.17. The first-order valence-corrected chi connectivity index (χ1v) is 5.33. The Kier molecular flexibility index (Phi) is 3.35. The number of carbonyl (C=O) groups is 1. The van der Waals surface area contributed by atoms with Gasteiger partial charge in [0.25, 0.3) is 0 Å². The van der Waals surface area contributed by atoms with Crippen LogP contribution in [0.25, 0.3) is 0 Å². The largest absolute Gasteiger partial charge is 0.466 e. The van der Waals surface area contributed by atoms with Crippen LogP contribution in [-0.4, -0.2) is 12.6 Å². The van der Waals surface area contributed by atoms with E-state index in [0.29, 0.717) is 6.61 Å². The molecule has 0 N–H and O–H groups in total. The summed E-state index contributed by atoms with van der Waals surface area (Å²) in [5, 5.41) is 0. The molecule has 0 bridgehead atoms. The average Bonchev–Trinajstić information content (AvgIpc) is 2.02. The molecule has 1 fully saturated rings. The molecule has 1 saturated carbocycles. The Morgan fingerprint density at radius 2 is 2.29 bits per heavy atom. The van der Waals surface area contributed by atoms with E-state index in [4.69, 9.17) is 4.74 Å². The van der Waals surface area contributed by atoms with E-state index in [1.54, 1.807) is 0 Å². The normalized spacial score (nSPS) is 25.9. The van der Waals surface area contributed by atoms with E-state index in [9.17, 15) is 4.79 Å². The summed E-state index contributed by atoms with van der Waals surface area (Å²) in [4.78, 5) is 11.7. The van der Waals surface area contributed by atoms with Gasteiger partial charge in [-0.1, -0.05) is 26.0 Å². The molecule has 0 aromatic heterocycles. The van der Waals surface area contributed by atoms with Crippen LogP contribution < -0.4 is 0 Å². The fraction of sp³-hybridized carbons (Fsp3) is 0.750. The Hall–Kier alpha value is -0.790. The lowest BCUT2D eigenvalue weighted by atomic mass is 9.67. The van der Waals surface area contributed by atoms with Crippen molar-refractivity contribution >= 4 is 5.97 Å². The summed E-state index contributed by atoms with van der Waals surface area (Å²) in [6, 6.07) is 0. The number of carbonyl (C=O) groups excluding carboxylic acids is 1. The van der Waals surface area contributed by atoms with Gasteiger partial charge in [-0.05, 0) is 31.6 Å². The highest BCUT2D eigenvalue weighted by Gasteiger charge is 2.40. The van der Waals surface area contributed by atoms with E-state index in [2.05, 4.69) is 20.4 Å². The first-order chi connectivity index (χ1) is 6.49. The van der Waals surface area contributed by atoms with Gasteiger partial charge in [0.15, 0.2) is 0 Å². The number of hydrogen-bond acceptors (Lipinski definition) is 2. The minimum absolute atomic E-state index is 0.0155. The lowest BCUT2D eigenvalue weighted by Crippen LogP contribution is -2.36. The van der Waals surface area contributed by atoms with Gasteiger partial charge >= 0.3 is 5.97 Å². The molecule has 0 radical (unpaired) electrons. The minimum atomic E-state index is -0.101. The van der Waals surface area contributed by atoms with Gasteiger partial charge in [-0.2, -0.15) is 0 Å². The second-order valence-electron chi connectivity index (χ2n) is 4.69. The van der Waals surface area contributed by atoms with Crippen LogP contribution in [0.1, 0.15) is 40.0 Å². The van der Waals surface area contributed by atoms with E-state index in [0.717, 1.165) is 24.8 Å². The fourth-order valence-corrected chi connectivity index (χ4v) is 2.32. The van der Waals surface area contributed by atoms with Crippen LogP contribution in [0.15, 0.2) is 12.2 Å². The Balaban J connectivity index is 2.79. The summed E-state index contributed by atoms with van der Waals surface area (Å²) in [6.45, 7) is 10.5. The predicted molar refractivity (Wildman–Crippen MR) is 56.9 cm³/mol. The highest BCUT2D eigenvalue weighted by atomic mass is 16.5. The van der Waals surface area contributed by atoms with Crippen LogP contribution in [0, 0.1) is 11.3 Å². The number of rotatable bonds is 2. The van der Waals surface area contributed by atoms with E-state index in [1.165, 1.54) is 0 Å². The quantitative estimate of drug-likeness (QED) is 0.501. The molecule has 1 aliphatic rings. The molecule has 1 unspecified atom stereocenters. The smallest absolute Gasteiger partial charge is 0.313 e. The number of ether oxygens (including phenoxy) is 1. The summed E-state index contributed by atoms with van der Waals surface area (Å²) in [6.07, 6.45) is 3.18. The first kappa shape index (κ1) is 11.3. The van der Waals surface area contributed by atoms with Crippen LogP contribution in [-0.2, 0) is 9.53 Å².